The normalized spacial score (nSPS) is 20.0. The molecule has 0 radical (unpaired) electrons. The molecule has 1 atom stereocenters. The number of imide groups is 1. The van der Waals surface area contributed by atoms with Crippen LogP contribution in [0.1, 0.15) is 30.6 Å². The van der Waals surface area contributed by atoms with Crippen molar-refractivity contribution in [3.05, 3.63) is 34.3 Å². The van der Waals surface area contributed by atoms with E-state index < -0.39 is 36.6 Å². The first kappa shape index (κ1) is 18.1. The molecule has 7 nitrogen and oxygen atoms in total. The number of halogens is 1. The number of rotatable bonds is 6. The summed E-state index contributed by atoms with van der Waals surface area (Å²) in [4.78, 5) is 48.5. The van der Waals surface area contributed by atoms with E-state index in [2.05, 4.69) is 21.2 Å². The van der Waals surface area contributed by atoms with Gasteiger partial charge in [-0.1, -0.05) is 35.0 Å². The Morgan fingerprint density at radius 2 is 1.88 bits per heavy atom. The summed E-state index contributed by atoms with van der Waals surface area (Å²) in [6.45, 7) is 2.38. The highest BCUT2D eigenvalue weighted by atomic mass is 79.9. The molecule has 1 aromatic carbocycles. The van der Waals surface area contributed by atoms with Crippen LogP contribution in [0.4, 0.5) is 4.79 Å². The number of amides is 3. The molecule has 1 aliphatic rings. The molecule has 0 bridgehead atoms. The van der Waals surface area contributed by atoms with Gasteiger partial charge < -0.3 is 10.1 Å². The Morgan fingerprint density at radius 1 is 1.25 bits per heavy atom. The number of esters is 1. The predicted octanol–water partition coefficient (Wildman–Crippen LogP) is 1.90. The number of carbonyl (C=O) groups is 4. The number of ketones is 1. The van der Waals surface area contributed by atoms with Crippen LogP contribution in [0.15, 0.2) is 28.7 Å². The number of nitrogens with one attached hydrogen (secondary N) is 1. The molecular weight excluding hydrogens is 380 g/mol. The van der Waals surface area contributed by atoms with Crippen molar-refractivity contribution in [3.63, 3.8) is 0 Å². The van der Waals surface area contributed by atoms with Gasteiger partial charge in [-0.3, -0.25) is 19.3 Å². The minimum Gasteiger partial charge on any atom is -0.456 e. The lowest BCUT2D eigenvalue weighted by molar-refractivity contribution is -0.146. The number of hydrogen-bond donors (Lipinski definition) is 1. The van der Waals surface area contributed by atoms with Crippen molar-refractivity contribution in [1.29, 1.82) is 0 Å². The van der Waals surface area contributed by atoms with Gasteiger partial charge in [-0.2, -0.15) is 0 Å². The van der Waals surface area contributed by atoms with Crippen LogP contribution in [0.25, 0.3) is 0 Å². The molecular formula is C16H17BrN2O5. The lowest BCUT2D eigenvalue weighted by atomic mass is 9.99. The van der Waals surface area contributed by atoms with Gasteiger partial charge in [0.1, 0.15) is 12.1 Å². The highest BCUT2D eigenvalue weighted by Gasteiger charge is 2.47. The van der Waals surface area contributed by atoms with E-state index in [0.29, 0.717) is 12.0 Å². The van der Waals surface area contributed by atoms with Gasteiger partial charge in [0.2, 0.25) is 0 Å². The Kier molecular flexibility index (Phi) is 5.38. The molecule has 2 rings (SSSR count). The van der Waals surface area contributed by atoms with Gasteiger partial charge in [0, 0.05) is 10.0 Å². The number of ether oxygens (including phenoxy) is 1. The summed E-state index contributed by atoms with van der Waals surface area (Å²) in [6.07, 6.45) is 0.408. The van der Waals surface area contributed by atoms with Crippen molar-refractivity contribution in [2.75, 3.05) is 13.2 Å². The fourth-order valence-corrected chi connectivity index (χ4v) is 2.43. The molecule has 1 fully saturated rings. The summed E-state index contributed by atoms with van der Waals surface area (Å²) in [5.74, 6) is -1.66. The maximum absolute atomic E-state index is 12.2. The lowest BCUT2D eigenvalue weighted by Crippen LogP contribution is -2.43. The van der Waals surface area contributed by atoms with Crippen molar-refractivity contribution < 1.29 is 23.9 Å². The molecule has 1 saturated heterocycles. The van der Waals surface area contributed by atoms with Gasteiger partial charge >= 0.3 is 12.0 Å². The average Bonchev–Trinajstić information content (AvgIpc) is 2.77. The van der Waals surface area contributed by atoms with E-state index in [-0.39, 0.29) is 5.78 Å². The summed E-state index contributed by atoms with van der Waals surface area (Å²) in [7, 11) is 0. The second-order valence-electron chi connectivity index (χ2n) is 5.60. The number of carbonyl (C=O) groups excluding carboxylic acids is 4. The van der Waals surface area contributed by atoms with Crippen LogP contribution in [0, 0.1) is 0 Å². The van der Waals surface area contributed by atoms with E-state index in [1.165, 1.54) is 0 Å². The second-order valence-corrected chi connectivity index (χ2v) is 6.51. The third-order valence-corrected chi connectivity index (χ3v) is 4.40. The predicted molar refractivity (Wildman–Crippen MR) is 88.4 cm³/mol. The Balaban J connectivity index is 1.90. The summed E-state index contributed by atoms with van der Waals surface area (Å²) in [6, 6.07) is 5.97. The number of urea groups is 1. The highest BCUT2D eigenvalue weighted by Crippen LogP contribution is 2.20. The van der Waals surface area contributed by atoms with Gasteiger partial charge in [-0.15, -0.1) is 0 Å². The molecule has 0 saturated carbocycles. The van der Waals surface area contributed by atoms with Gasteiger partial charge in [0.15, 0.2) is 12.4 Å². The highest BCUT2D eigenvalue weighted by molar-refractivity contribution is 9.10. The van der Waals surface area contributed by atoms with E-state index in [9.17, 15) is 19.2 Å². The number of Topliss-reactive ketones (excluding diaryl/α,β-unsaturated/α-hetero) is 1. The Bertz CT molecular complexity index is 688. The molecule has 0 unspecified atom stereocenters. The minimum atomic E-state index is -1.01. The van der Waals surface area contributed by atoms with Crippen LogP contribution in [0.2, 0.25) is 0 Å². The van der Waals surface area contributed by atoms with Gasteiger partial charge in [-0.25, -0.2) is 4.79 Å². The smallest absolute Gasteiger partial charge is 0.326 e. The molecule has 1 aromatic rings. The van der Waals surface area contributed by atoms with E-state index in [1.807, 2.05) is 0 Å². The number of nitrogens with zero attached hydrogens (tertiary/aromatic N) is 1. The van der Waals surface area contributed by atoms with Crippen LogP contribution in [0.5, 0.6) is 0 Å². The quantitative estimate of drug-likeness (QED) is 0.450. The van der Waals surface area contributed by atoms with E-state index >= 15 is 0 Å². The van der Waals surface area contributed by atoms with Crippen molar-refractivity contribution in [2.45, 2.75) is 25.8 Å². The number of hydrogen-bond acceptors (Lipinski definition) is 5. The molecule has 128 valence electrons. The third kappa shape index (κ3) is 3.81. The molecule has 3 amide bonds. The van der Waals surface area contributed by atoms with Crippen molar-refractivity contribution in [2.24, 2.45) is 0 Å². The van der Waals surface area contributed by atoms with E-state index in [4.69, 9.17) is 4.74 Å². The molecule has 1 aliphatic heterocycles. The molecule has 0 spiro atoms. The Morgan fingerprint density at radius 3 is 2.42 bits per heavy atom. The summed E-state index contributed by atoms with van der Waals surface area (Å²) in [5.41, 5.74) is -0.607. The Hall–Kier alpha value is -2.22. The molecule has 1 N–H and O–H groups in total. The zero-order chi connectivity index (χ0) is 17.9. The maximum Gasteiger partial charge on any atom is 0.326 e. The lowest BCUT2D eigenvalue weighted by Gasteiger charge is -2.18. The first-order chi connectivity index (χ1) is 11.3. The fourth-order valence-electron chi connectivity index (χ4n) is 2.17. The second kappa shape index (κ2) is 7.12. The largest absolute Gasteiger partial charge is 0.456 e. The minimum absolute atomic E-state index is 0.369. The van der Waals surface area contributed by atoms with Crippen molar-refractivity contribution in [1.82, 2.24) is 10.2 Å². The zero-order valence-corrected chi connectivity index (χ0v) is 14.9. The van der Waals surface area contributed by atoms with Crippen LogP contribution in [0.3, 0.4) is 0 Å². The van der Waals surface area contributed by atoms with Gasteiger partial charge in [0.05, 0.1) is 0 Å². The summed E-state index contributed by atoms with van der Waals surface area (Å²) >= 11 is 3.26. The first-order valence-corrected chi connectivity index (χ1v) is 8.14. The maximum atomic E-state index is 12.2. The first-order valence-electron chi connectivity index (χ1n) is 7.35. The van der Waals surface area contributed by atoms with Crippen molar-refractivity contribution >= 4 is 39.6 Å². The topological polar surface area (TPSA) is 92.8 Å². The Labute approximate surface area is 147 Å². The standard InChI is InChI=1S/C16H17BrN2O5/c1-3-16(2)14(22)19(15(23)18-16)8-13(21)24-9-12(20)10-4-6-11(17)7-5-10/h4-7H,3,8-9H2,1-2H3,(H,18,23)/t16-/m1/s1. The summed E-state index contributed by atoms with van der Waals surface area (Å²) < 4.78 is 5.70. The van der Waals surface area contributed by atoms with Gasteiger partial charge in [0.25, 0.3) is 5.91 Å². The molecule has 8 heteroatoms. The average molecular weight is 397 g/mol. The third-order valence-electron chi connectivity index (χ3n) is 3.87. The monoisotopic (exact) mass is 396 g/mol. The SMILES string of the molecule is CC[C@@]1(C)NC(=O)N(CC(=O)OCC(=O)c2ccc(Br)cc2)C1=O. The van der Waals surface area contributed by atoms with Crippen LogP contribution in [-0.4, -0.2) is 47.3 Å². The van der Waals surface area contributed by atoms with Gasteiger partial charge in [-0.05, 0) is 25.5 Å². The molecule has 0 aromatic heterocycles. The van der Waals surface area contributed by atoms with Crippen LogP contribution >= 0.6 is 15.9 Å². The van der Waals surface area contributed by atoms with Crippen LogP contribution < -0.4 is 5.32 Å². The van der Waals surface area contributed by atoms with E-state index in [0.717, 1.165) is 9.37 Å². The molecule has 24 heavy (non-hydrogen) atoms. The van der Waals surface area contributed by atoms with Crippen molar-refractivity contribution in [3.8, 4) is 0 Å². The summed E-state index contributed by atoms with van der Waals surface area (Å²) in [5, 5.41) is 2.54. The number of benzene rings is 1. The zero-order valence-electron chi connectivity index (χ0n) is 13.3. The molecule has 0 aliphatic carbocycles. The van der Waals surface area contributed by atoms with E-state index in [1.54, 1.807) is 38.1 Å². The molecule has 1 heterocycles. The fraction of sp³-hybridized carbons (Fsp3) is 0.375. The van der Waals surface area contributed by atoms with Crippen LogP contribution in [-0.2, 0) is 14.3 Å².